The van der Waals surface area contributed by atoms with Gasteiger partial charge in [0, 0.05) is 12.1 Å². The monoisotopic (exact) mass is 249 g/mol. The highest BCUT2D eigenvalue weighted by Gasteiger charge is 2.13. The number of rotatable bonds is 7. The third kappa shape index (κ3) is 4.69. The maximum absolute atomic E-state index is 5.17. The molecule has 0 heterocycles. The van der Waals surface area contributed by atoms with E-state index in [2.05, 4.69) is 45.1 Å². The van der Waals surface area contributed by atoms with Crippen LogP contribution in [0.1, 0.15) is 39.7 Å². The van der Waals surface area contributed by atoms with Crippen LogP contribution < -0.4 is 10.1 Å². The fourth-order valence-corrected chi connectivity index (χ4v) is 2.32. The van der Waals surface area contributed by atoms with Crippen molar-refractivity contribution in [1.29, 1.82) is 0 Å². The van der Waals surface area contributed by atoms with Gasteiger partial charge >= 0.3 is 0 Å². The molecule has 0 aromatic heterocycles. The number of methoxy groups -OCH3 is 1. The first-order valence-electron chi connectivity index (χ1n) is 6.95. The number of hydrogen-bond acceptors (Lipinski definition) is 2. The summed E-state index contributed by atoms with van der Waals surface area (Å²) < 4.78 is 5.17. The van der Waals surface area contributed by atoms with Crippen molar-refractivity contribution in [2.24, 2.45) is 5.92 Å². The molecule has 1 N–H and O–H groups in total. The molecule has 0 aliphatic rings. The number of nitrogens with one attached hydrogen (secondary N) is 1. The van der Waals surface area contributed by atoms with E-state index in [0.29, 0.717) is 18.0 Å². The first kappa shape index (κ1) is 15.0. The Balaban J connectivity index is 2.50. The lowest BCUT2D eigenvalue weighted by Crippen LogP contribution is -2.40. The van der Waals surface area contributed by atoms with Gasteiger partial charge in [-0.3, -0.25) is 0 Å². The topological polar surface area (TPSA) is 21.3 Å². The van der Waals surface area contributed by atoms with Crippen LogP contribution >= 0.6 is 0 Å². The van der Waals surface area contributed by atoms with Crippen LogP contribution in [0.2, 0.25) is 0 Å². The van der Waals surface area contributed by atoms with Gasteiger partial charge < -0.3 is 10.1 Å². The fraction of sp³-hybridized carbons (Fsp3) is 0.625. The van der Waals surface area contributed by atoms with Crippen LogP contribution in [0, 0.1) is 5.92 Å². The molecular weight excluding hydrogens is 222 g/mol. The summed E-state index contributed by atoms with van der Waals surface area (Å²) in [7, 11) is 1.70. The first-order chi connectivity index (χ1) is 8.56. The number of ether oxygens (including phenoxy) is 1. The highest BCUT2D eigenvalue weighted by atomic mass is 16.5. The first-order valence-corrected chi connectivity index (χ1v) is 6.95. The van der Waals surface area contributed by atoms with E-state index >= 15 is 0 Å². The molecule has 18 heavy (non-hydrogen) atoms. The second-order valence-corrected chi connectivity index (χ2v) is 5.38. The lowest BCUT2D eigenvalue weighted by Gasteiger charge is -2.25. The third-order valence-corrected chi connectivity index (χ3v) is 3.44. The lowest BCUT2D eigenvalue weighted by molar-refractivity contribution is 0.351. The minimum Gasteiger partial charge on any atom is -0.497 e. The molecule has 1 rings (SSSR count). The molecule has 0 saturated carbocycles. The maximum Gasteiger partial charge on any atom is 0.118 e. The molecule has 0 saturated heterocycles. The van der Waals surface area contributed by atoms with Gasteiger partial charge in [0.25, 0.3) is 0 Å². The summed E-state index contributed by atoms with van der Waals surface area (Å²) in [5, 5.41) is 3.71. The third-order valence-electron chi connectivity index (χ3n) is 3.44. The fourth-order valence-electron chi connectivity index (χ4n) is 2.32. The van der Waals surface area contributed by atoms with Gasteiger partial charge in [0.15, 0.2) is 0 Å². The van der Waals surface area contributed by atoms with E-state index < -0.39 is 0 Å². The summed E-state index contributed by atoms with van der Waals surface area (Å²) in [6.07, 6.45) is 2.25. The SMILES string of the molecule is CCC(NC(C)Cc1ccc(OC)cc1)C(C)C. The molecule has 1 aromatic rings. The molecule has 0 fully saturated rings. The highest BCUT2D eigenvalue weighted by molar-refractivity contribution is 5.27. The van der Waals surface area contributed by atoms with Gasteiger partial charge in [-0.1, -0.05) is 32.9 Å². The Hall–Kier alpha value is -1.02. The van der Waals surface area contributed by atoms with Crippen molar-refractivity contribution in [2.75, 3.05) is 7.11 Å². The Morgan fingerprint density at radius 2 is 1.72 bits per heavy atom. The smallest absolute Gasteiger partial charge is 0.118 e. The Morgan fingerprint density at radius 1 is 1.11 bits per heavy atom. The van der Waals surface area contributed by atoms with Crippen molar-refractivity contribution >= 4 is 0 Å². The average Bonchev–Trinajstić information content (AvgIpc) is 2.36. The quantitative estimate of drug-likeness (QED) is 0.796. The van der Waals surface area contributed by atoms with Crippen LogP contribution in [0.3, 0.4) is 0 Å². The van der Waals surface area contributed by atoms with Crippen molar-refractivity contribution in [1.82, 2.24) is 5.32 Å². The Kier molecular flexibility index (Phi) is 6.20. The number of benzene rings is 1. The van der Waals surface area contributed by atoms with Crippen LogP contribution in [0.15, 0.2) is 24.3 Å². The molecule has 0 bridgehead atoms. The standard InChI is InChI=1S/C16H27NO/c1-6-16(12(2)3)17-13(4)11-14-7-9-15(18-5)10-8-14/h7-10,12-13,16-17H,6,11H2,1-5H3. The van der Waals surface area contributed by atoms with Gasteiger partial charge in [0.1, 0.15) is 5.75 Å². The summed E-state index contributed by atoms with van der Waals surface area (Å²) in [4.78, 5) is 0. The molecule has 0 radical (unpaired) electrons. The molecule has 0 amide bonds. The predicted molar refractivity (Wildman–Crippen MR) is 78.2 cm³/mol. The molecule has 1 aromatic carbocycles. The highest BCUT2D eigenvalue weighted by Crippen LogP contribution is 2.14. The van der Waals surface area contributed by atoms with Crippen LogP contribution in [-0.4, -0.2) is 19.2 Å². The van der Waals surface area contributed by atoms with E-state index in [0.717, 1.165) is 12.2 Å². The van der Waals surface area contributed by atoms with Crippen molar-refractivity contribution in [3.05, 3.63) is 29.8 Å². The molecule has 2 nitrogen and oxygen atoms in total. The number of hydrogen-bond donors (Lipinski definition) is 1. The molecule has 2 atom stereocenters. The molecule has 0 aliphatic carbocycles. The van der Waals surface area contributed by atoms with Crippen LogP contribution in [0.25, 0.3) is 0 Å². The molecule has 102 valence electrons. The maximum atomic E-state index is 5.17. The molecule has 2 unspecified atom stereocenters. The van der Waals surface area contributed by atoms with E-state index in [-0.39, 0.29) is 0 Å². The van der Waals surface area contributed by atoms with Gasteiger partial charge in [0.2, 0.25) is 0 Å². The second kappa shape index (κ2) is 7.42. The van der Waals surface area contributed by atoms with Crippen LogP contribution in [-0.2, 0) is 6.42 Å². The Bertz CT molecular complexity index is 331. The molecule has 0 aliphatic heterocycles. The van der Waals surface area contributed by atoms with Crippen molar-refractivity contribution in [2.45, 2.75) is 52.6 Å². The second-order valence-electron chi connectivity index (χ2n) is 5.38. The average molecular weight is 249 g/mol. The summed E-state index contributed by atoms with van der Waals surface area (Å²) in [6.45, 7) is 9.07. The van der Waals surface area contributed by atoms with Gasteiger partial charge in [-0.15, -0.1) is 0 Å². The molecule has 2 heteroatoms. The lowest BCUT2D eigenvalue weighted by atomic mass is 9.99. The predicted octanol–water partition coefficient (Wildman–Crippen LogP) is 3.65. The van der Waals surface area contributed by atoms with Crippen molar-refractivity contribution in [3.8, 4) is 5.75 Å². The van der Waals surface area contributed by atoms with Gasteiger partial charge in [0.05, 0.1) is 7.11 Å². The van der Waals surface area contributed by atoms with Gasteiger partial charge in [-0.05, 0) is 43.4 Å². The summed E-state index contributed by atoms with van der Waals surface area (Å²) in [5.74, 6) is 1.61. The van der Waals surface area contributed by atoms with E-state index in [1.165, 1.54) is 12.0 Å². The van der Waals surface area contributed by atoms with Crippen LogP contribution in [0.5, 0.6) is 5.75 Å². The summed E-state index contributed by atoms with van der Waals surface area (Å²) in [6, 6.07) is 9.47. The van der Waals surface area contributed by atoms with E-state index in [4.69, 9.17) is 4.74 Å². The minimum atomic E-state index is 0.505. The Morgan fingerprint density at radius 3 is 2.17 bits per heavy atom. The van der Waals surface area contributed by atoms with Gasteiger partial charge in [-0.25, -0.2) is 0 Å². The van der Waals surface area contributed by atoms with E-state index in [1.54, 1.807) is 7.11 Å². The summed E-state index contributed by atoms with van der Waals surface area (Å²) in [5.41, 5.74) is 1.36. The minimum absolute atomic E-state index is 0.505. The normalized spacial score (nSPS) is 14.6. The zero-order chi connectivity index (χ0) is 13.5. The molecular formula is C16H27NO. The summed E-state index contributed by atoms with van der Waals surface area (Å²) >= 11 is 0. The van der Waals surface area contributed by atoms with Gasteiger partial charge in [-0.2, -0.15) is 0 Å². The van der Waals surface area contributed by atoms with Crippen molar-refractivity contribution < 1.29 is 4.74 Å². The largest absolute Gasteiger partial charge is 0.497 e. The van der Waals surface area contributed by atoms with Crippen LogP contribution in [0.4, 0.5) is 0 Å². The molecule has 0 spiro atoms. The Labute approximate surface area is 112 Å². The van der Waals surface area contributed by atoms with E-state index in [9.17, 15) is 0 Å². The van der Waals surface area contributed by atoms with E-state index in [1.807, 2.05) is 12.1 Å². The zero-order valence-electron chi connectivity index (χ0n) is 12.4. The van der Waals surface area contributed by atoms with Crippen molar-refractivity contribution in [3.63, 3.8) is 0 Å². The zero-order valence-corrected chi connectivity index (χ0v) is 12.4.